The maximum absolute atomic E-state index is 5.28. The summed E-state index contributed by atoms with van der Waals surface area (Å²) in [6, 6.07) is 0.641. The molecule has 0 amide bonds. The van der Waals surface area contributed by atoms with E-state index < -0.39 is 0 Å². The normalized spacial score (nSPS) is 14.1. The molecular weight excluding hydrogens is 302 g/mol. The van der Waals surface area contributed by atoms with Crippen molar-refractivity contribution in [3.05, 3.63) is 0 Å². The number of methoxy groups -OCH3 is 1. The van der Waals surface area contributed by atoms with Crippen LogP contribution >= 0.6 is 15.9 Å². The Bertz CT molecular complexity index is 205. The standard InChI is InChI=1S/C16H34BrNO/c1-6-9-16(13-17,10-7-2)14-18(11-12-19-5)15(4)8-3/h15H,6-14H2,1-5H3. The van der Waals surface area contributed by atoms with Gasteiger partial charge in [-0.25, -0.2) is 0 Å². The van der Waals surface area contributed by atoms with Crippen LogP contribution in [0.25, 0.3) is 0 Å². The van der Waals surface area contributed by atoms with Gasteiger partial charge in [-0.05, 0) is 31.6 Å². The van der Waals surface area contributed by atoms with E-state index in [4.69, 9.17) is 4.74 Å². The van der Waals surface area contributed by atoms with Crippen molar-refractivity contribution in [2.45, 2.75) is 65.8 Å². The minimum absolute atomic E-state index is 0.431. The van der Waals surface area contributed by atoms with Crippen LogP contribution in [-0.2, 0) is 4.74 Å². The van der Waals surface area contributed by atoms with Crippen molar-refractivity contribution in [1.29, 1.82) is 0 Å². The summed E-state index contributed by atoms with van der Waals surface area (Å²) in [5.74, 6) is 0. The fourth-order valence-electron chi connectivity index (χ4n) is 2.87. The number of ether oxygens (including phenoxy) is 1. The Labute approximate surface area is 129 Å². The molecule has 0 N–H and O–H groups in total. The number of hydrogen-bond donors (Lipinski definition) is 0. The summed E-state index contributed by atoms with van der Waals surface area (Å²) in [5.41, 5.74) is 0.431. The lowest BCUT2D eigenvalue weighted by atomic mass is 9.80. The van der Waals surface area contributed by atoms with Crippen LogP contribution in [0.5, 0.6) is 0 Å². The molecule has 0 aliphatic heterocycles. The average Bonchev–Trinajstić information content (AvgIpc) is 2.42. The molecule has 0 aliphatic rings. The molecule has 0 saturated carbocycles. The van der Waals surface area contributed by atoms with Crippen LogP contribution in [0.2, 0.25) is 0 Å². The van der Waals surface area contributed by atoms with E-state index in [9.17, 15) is 0 Å². The van der Waals surface area contributed by atoms with Gasteiger partial charge >= 0.3 is 0 Å². The highest BCUT2D eigenvalue weighted by molar-refractivity contribution is 9.09. The summed E-state index contributed by atoms with van der Waals surface area (Å²) in [7, 11) is 1.80. The van der Waals surface area contributed by atoms with Crippen LogP contribution in [0.15, 0.2) is 0 Å². The van der Waals surface area contributed by atoms with Crippen molar-refractivity contribution in [3.63, 3.8) is 0 Å². The topological polar surface area (TPSA) is 12.5 Å². The molecule has 0 saturated heterocycles. The van der Waals surface area contributed by atoms with Gasteiger partial charge in [-0.2, -0.15) is 0 Å². The Hall–Kier alpha value is 0.400. The predicted molar refractivity (Wildman–Crippen MR) is 89.2 cm³/mol. The first-order chi connectivity index (χ1) is 9.09. The van der Waals surface area contributed by atoms with Crippen LogP contribution in [0.1, 0.15) is 59.8 Å². The van der Waals surface area contributed by atoms with E-state index in [0.717, 1.165) is 18.5 Å². The summed E-state index contributed by atoms with van der Waals surface area (Å²) in [6.45, 7) is 12.3. The summed E-state index contributed by atoms with van der Waals surface area (Å²) >= 11 is 3.78. The Balaban J connectivity index is 4.78. The Morgan fingerprint density at radius 3 is 2.11 bits per heavy atom. The van der Waals surface area contributed by atoms with Gasteiger partial charge < -0.3 is 4.74 Å². The number of alkyl halides is 1. The summed E-state index contributed by atoms with van der Waals surface area (Å²) in [5, 5.41) is 1.11. The molecule has 1 unspecified atom stereocenters. The molecule has 1 atom stereocenters. The second-order valence-corrected chi connectivity index (χ2v) is 6.41. The van der Waals surface area contributed by atoms with Gasteiger partial charge in [0.1, 0.15) is 0 Å². The zero-order valence-electron chi connectivity index (χ0n) is 13.7. The van der Waals surface area contributed by atoms with Crippen molar-refractivity contribution in [1.82, 2.24) is 4.90 Å². The van der Waals surface area contributed by atoms with E-state index in [1.54, 1.807) is 7.11 Å². The highest BCUT2D eigenvalue weighted by Gasteiger charge is 2.30. The smallest absolute Gasteiger partial charge is 0.0589 e. The zero-order valence-corrected chi connectivity index (χ0v) is 15.3. The second kappa shape index (κ2) is 11.1. The molecule has 0 aromatic rings. The number of nitrogens with zero attached hydrogens (tertiary/aromatic N) is 1. The highest BCUT2D eigenvalue weighted by atomic mass is 79.9. The first-order valence-electron chi connectivity index (χ1n) is 7.88. The molecule has 3 heteroatoms. The summed E-state index contributed by atoms with van der Waals surface area (Å²) in [4.78, 5) is 2.62. The first-order valence-corrected chi connectivity index (χ1v) is 9.00. The second-order valence-electron chi connectivity index (χ2n) is 5.85. The molecule has 19 heavy (non-hydrogen) atoms. The quantitative estimate of drug-likeness (QED) is 0.478. The summed E-state index contributed by atoms with van der Waals surface area (Å²) in [6.07, 6.45) is 6.37. The molecule has 116 valence electrons. The van der Waals surface area contributed by atoms with Gasteiger partial charge in [0.2, 0.25) is 0 Å². The molecule has 2 nitrogen and oxygen atoms in total. The van der Waals surface area contributed by atoms with Crippen LogP contribution in [0.4, 0.5) is 0 Å². The Morgan fingerprint density at radius 2 is 1.74 bits per heavy atom. The monoisotopic (exact) mass is 335 g/mol. The van der Waals surface area contributed by atoms with Gasteiger partial charge in [-0.3, -0.25) is 4.90 Å². The maximum atomic E-state index is 5.28. The van der Waals surface area contributed by atoms with E-state index in [1.165, 1.54) is 38.6 Å². The van der Waals surface area contributed by atoms with Crippen LogP contribution in [-0.4, -0.2) is 43.1 Å². The van der Waals surface area contributed by atoms with Crippen LogP contribution in [0.3, 0.4) is 0 Å². The highest BCUT2D eigenvalue weighted by Crippen LogP contribution is 2.33. The lowest BCUT2D eigenvalue weighted by Crippen LogP contribution is -2.44. The van der Waals surface area contributed by atoms with Gasteiger partial charge in [0.25, 0.3) is 0 Å². The third-order valence-electron chi connectivity index (χ3n) is 4.18. The van der Waals surface area contributed by atoms with E-state index in [-0.39, 0.29) is 0 Å². The zero-order chi connectivity index (χ0) is 14.7. The lowest BCUT2D eigenvalue weighted by Gasteiger charge is -2.40. The molecule has 0 rings (SSSR count). The third-order valence-corrected chi connectivity index (χ3v) is 5.37. The van der Waals surface area contributed by atoms with Gasteiger partial charge in [-0.15, -0.1) is 0 Å². The summed E-state index contributed by atoms with van der Waals surface area (Å²) < 4.78 is 5.28. The van der Waals surface area contributed by atoms with E-state index in [0.29, 0.717) is 11.5 Å². The molecule has 0 radical (unpaired) electrons. The Morgan fingerprint density at radius 1 is 1.16 bits per heavy atom. The largest absolute Gasteiger partial charge is 0.383 e. The van der Waals surface area contributed by atoms with Crippen molar-refractivity contribution in [3.8, 4) is 0 Å². The number of halogens is 1. The van der Waals surface area contributed by atoms with Crippen LogP contribution in [0, 0.1) is 5.41 Å². The minimum Gasteiger partial charge on any atom is -0.383 e. The first kappa shape index (κ1) is 19.4. The van der Waals surface area contributed by atoms with Gasteiger partial charge in [0.05, 0.1) is 6.61 Å². The van der Waals surface area contributed by atoms with Crippen LogP contribution < -0.4 is 0 Å². The lowest BCUT2D eigenvalue weighted by molar-refractivity contribution is 0.0776. The Kier molecular flexibility index (Phi) is 11.3. The van der Waals surface area contributed by atoms with Gasteiger partial charge in [0.15, 0.2) is 0 Å². The predicted octanol–water partition coefficient (Wildman–Crippen LogP) is 4.71. The molecule has 0 aliphatic carbocycles. The molecule has 0 aromatic carbocycles. The molecular formula is C16H34BrNO. The van der Waals surface area contributed by atoms with Crippen molar-refractivity contribution >= 4 is 15.9 Å². The number of rotatable bonds is 12. The fraction of sp³-hybridized carbons (Fsp3) is 1.00. The average molecular weight is 336 g/mol. The maximum Gasteiger partial charge on any atom is 0.0589 e. The van der Waals surface area contributed by atoms with E-state index >= 15 is 0 Å². The molecule has 0 heterocycles. The number of hydrogen-bond acceptors (Lipinski definition) is 2. The fourth-order valence-corrected chi connectivity index (χ4v) is 3.61. The van der Waals surface area contributed by atoms with Crippen molar-refractivity contribution < 1.29 is 4.74 Å². The van der Waals surface area contributed by atoms with Crippen molar-refractivity contribution in [2.75, 3.05) is 32.1 Å². The molecule has 0 fully saturated rings. The van der Waals surface area contributed by atoms with E-state index in [2.05, 4.69) is 48.5 Å². The van der Waals surface area contributed by atoms with Gasteiger partial charge in [0, 0.05) is 31.6 Å². The third kappa shape index (κ3) is 7.10. The molecule has 0 spiro atoms. The van der Waals surface area contributed by atoms with Gasteiger partial charge in [-0.1, -0.05) is 49.5 Å². The molecule has 0 bridgehead atoms. The molecule has 0 aromatic heterocycles. The SMILES string of the molecule is CCCC(CBr)(CCC)CN(CCOC)C(C)CC. The van der Waals surface area contributed by atoms with Crippen molar-refractivity contribution in [2.24, 2.45) is 5.41 Å². The van der Waals surface area contributed by atoms with E-state index in [1.807, 2.05) is 0 Å². The minimum atomic E-state index is 0.431.